The fourth-order valence-electron chi connectivity index (χ4n) is 2.99. The summed E-state index contributed by atoms with van der Waals surface area (Å²) in [6.07, 6.45) is 1.42. The minimum absolute atomic E-state index is 0.0138. The fourth-order valence-corrected chi connectivity index (χ4v) is 5.21. The maximum absolute atomic E-state index is 12.4. The number of rotatable bonds is 5. The summed E-state index contributed by atoms with van der Waals surface area (Å²) in [5.41, 5.74) is 0. The molecule has 0 radical (unpaired) electrons. The number of carbonyl (C=O) groups excluding carboxylic acids is 2. The summed E-state index contributed by atoms with van der Waals surface area (Å²) < 4.78 is 0. The number of thioether (sulfide) groups is 2. The van der Waals surface area contributed by atoms with E-state index < -0.39 is 0 Å². The third kappa shape index (κ3) is 3.13. The SMILES string of the molecule is CC12CCC(=O)N1C(C(=O)NCCSc1ccccc1)CS2. The quantitative estimate of drug-likeness (QED) is 0.662. The molecule has 0 aliphatic carbocycles. The van der Waals surface area contributed by atoms with Gasteiger partial charge < -0.3 is 10.2 Å². The summed E-state index contributed by atoms with van der Waals surface area (Å²) in [4.78, 5) is 27.2. The van der Waals surface area contributed by atoms with Gasteiger partial charge in [-0.25, -0.2) is 0 Å². The van der Waals surface area contributed by atoms with E-state index in [0.29, 0.717) is 18.7 Å². The summed E-state index contributed by atoms with van der Waals surface area (Å²) in [7, 11) is 0. The van der Waals surface area contributed by atoms with Crippen molar-refractivity contribution in [3.05, 3.63) is 30.3 Å². The van der Waals surface area contributed by atoms with Crippen molar-refractivity contribution in [2.45, 2.75) is 35.6 Å². The van der Waals surface area contributed by atoms with Crippen molar-refractivity contribution >= 4 is 35.3 Å². The first kappa shape index (κ1) is 15.7. The van der Waals surface area contributed by atoms with E-state index in [1.165, 1.54) is 4.90 Å². The molecule has 2 fully saturated rings. The first-order chi connectivity index (χ1) is 10.6. The highest BCUT2D eigenvalue weighted by Crippen LogP contribution is 2.47. The van der Waals surface area contributed by atoms with Gasteiger partial charge in [-0.05, 0) is 25.5 Å². The molecule has 2 heterocycles. The number of fused-ring (bicyclic) bond motifs is 1. The molecular formula is C16H20N2O2S2. The van der Waals surface area contributed by atoms with Crippen molar-refractivity contribution in [2.75, 3.05) is 18.1 Å². The van der Waals surface area contributed by atoms with Gasteiger partial charge in [-0.2, -0.15) is 0 Å². The van der Waals surface area contributed by atoms with Crippen molar-refractivity contribution in [1.82, 2.24) is 10.2 Å². The van der Waals surface area contributed by atoms with Crippen LogP contribution in [0.1, 0.15) is 19.8 Å². The Morgan fingerprint density at radius 1 is 1.45 bits per heavy atom. The standard InChI is InChI=1S/C16H20N2O2S2/c1-16-8-7-14(19)18(16)13(11-22-16)15(20)17-9-10-21-12-5-3-2-4-6-12/h2-6,13H,7-11H2,1H3,(H,17,20). The average molecular weight is 336 g/mol. The van der Waals surface area contributed by atoms with Crippen LogP contribution in [0.4, 0.5) is 0 Å². The number of amides is 2. The van der Waals surface area contributed by atoms with Gasteiger partial charge in [0.05, 0.1) is 4.87 Å². The maximum Gasteiger partial charge on any atom is 0.243 e. The number of nitrogens with one attached hydrogen (secondary N) is 1. The smallest absolute Gasteiger partial charge is 0.243 e. The molecule has 2 aliphatic heterocycles. The van der Waals surface area contributed by atoms with Crippen molar-refractivity contribution in [2.24, 2.45) is 0 Å². The van der Waals surface area contributed by atoms with Crippen LogP contribution in [0.25, 0.3) is 0 Å². The van der Waals surface area contributed by atoms with Crippen LogP contribution in [0.2, 0.25) is 0 Å². The Morgan fingerprint density at radius 2 is 2.23 bits per heavy atom. The average Bonchev–Trinajstić information content (AvgIpc) is 3.01. The second-order valence-electron chi connectivity index (χ2n) is 5.72. The molecule has 1 N–H and O–H groups in total. The summed E-state index contributed by atoms with van der Waals surface area (Å²) in [5.74, 6) is 1.65. The number of carbonyl (C=O) groups is 2. The van der Waals surface area contributed by atoms with E-state index in [9.17, 15) is 9.59 Å². The molecule has 0 bridgehead atoms. The lowest BCUT2D eigenvalue weighted by atomic mass is 10.2. The van der Waals surface area contributed by atoms with Gasteiger partial charge in [0.1, 0.15) is 6.04 Å². The van der Waals surface area contributed by atoms with E-state index in [4.69, 9.17) is 0 Å². The third-order valence-corrected chi connectivity index (χ3v) is 6.68. The highest BCUT2D eigenvalue weighted by atomic mass is 32.2. The molecule has 0 saturated carbocycles. The molecule has 0 aromatic heterocycles. The molecule has 1 aromatic rings. The van der Waals surface area contributed by atoms with Crippen LogP contribution in [0, 0.1) is 0 Å². The molecule has 2 unspecified atom stereocenters. The minimum Gasteiger partial charge on any atom is -0.353 e. The first-order valence-corrected chi connectivity index (χ1v) is 9.49. The highest BCUT2D eigenvalue weighted by molar-refractivity contribution is 8.01. The zero-order valence-corrected chi connectivity index (χ0v) is 14.2. The monoisotopic (exact) mass is 336 g/mol. The van der Waals surface area contributed by atoms with Crippen LogP contribution in [0.15, 0.2) is 35.2 Å². The maximum atomic E-state index is 12.4. The predicted molar refractivity (Wildman–Crippen MR) is 90.9 cm³/mol. The van der Waals surface area contributed by atoms with E-state index in [0.717, 1.165) is 12.2 Å². The van der Waals surface area contributed by atoms with Crippen LogP contribution in [-0.2, 0) is 9.59 Å². The van der Waals surface area contributed by atoms with Gasteiger partial charge >= 0.3 is 0 Å². The molecule has 2 atom stereocenters. The van der Waals surface area contributed by atoms with Gasteiger partial charge in [-0.15, -0.1) is 23.5 Å². The minimum atomic E-state index is -0.299. The summed E-state index contributed by atoms with van der Waals surface area (Å²) in [6, 6.07) is 9.84. The zero-order chi connectivity index (χ0) is 15.6. The molecule has 3 rings (SSSR count). The van der Waals surface area contributed by atoms with E-state index >= 15 is 0 Å². The van der Waals surface area contributed by atoms with Crippen LogP contribution < -0.4 is 5.32 Å². The summed E-state index contributed by atoms with van der Waals surface area (Å²) in [6.45, 7) is 2.69. The van der Waals surface area contributed by atoms with E-state index in [2.05, 4.69) is 24.4 Å². The van der Waals surface area contributed by atoms with Gasteiger partial charge in [0.25, 0.3) is 0 Å². The van der Waals surface area contributed by atoms with E-state index in [-0.39, 0.29) is 22.7 Å². The first-order valence-electron chi connectivity index (χ1n) is 7.52. The number of nitrogens with zero attached hydrogens (tertiary/aromatic N) is 1. The molecule has 0 spiro atoms. The van der Waals surface area contributed by atoms with Crippen molar-refractivity contribution < 1.29 is 9.59 Å². The molecule has 22 heavy (non-hydrogen) atoms. The van der Waals surface area contributed by atoms with Gasteiger partial charge in [-0.3, -0.25) is 9.59 Å². The number of hydrogen-bond acceptors (Lipinski definition) is 4. The van der Waals surface area contributed by atoms with Crippen LogP contribution >= 0.6 is 23.5 Å². The second kappa shape index (κ2) is 6.54. The molecular weight excluding hydrogens is 316 g/mol. The molecule has 6 heteroatoms. The Bertz CT molecular complexity index is 567. The van der Waals surface area contributed by atoms with Crippen LogP contribution in [-0.4, -0.2) is 45.7 Å². The largest absolute Gasteiger partial charge is 0.353 e. The molecule has 2 saturated heterocycles. The Balaban J connectivity index is 1.47. The van der Waals surface area contributed by atoms with Gasteiger partial charge in [-0.1, -0.05) is 18.2 Å². The Morgan fingerprint density at radius 3 is 3.00 bits per heavy atom. The Hall–Kier alpha value is -1.14. The highest BCUT2D eigenvalue weighted by Gasteiger charge is 2.52. The third-order valence-electron chi connectivity index (χ3n) is 4.16. The predicted octanol–water partition coefficient (Wildman–Crippen LogP) is 2.35. The Labute approximate surface area is 139 Å². The van der Waals surface area contributed by atoms with E-state index in [1.54, 1.807) is 28.4 Å². The normalized spacial score (nSPS) is 27.0. The summed E-state index contributed by atoms with van der Waals surface area (Å²) >= 11 is 3.45. The van der Waals surface area contributed by atoms with Crippen molar-refractivity contribution in [3.8, 4) is 0 Å². The lowest BCUT2D eigenvalue weighted by molar-refractivity contribution is -0.137. The van der Waals surface area contributed by atoms with Crippen molar-refractivity contribution in [3.63, 3.8) is 0 Å². The van der Waals surface area contributed by atoms with Gasteiger partial charge in [0.2, 0.25) is 11.8 Å². The molecule has 1 aromatic carbocycles. The lowest BCUT2D eigenvalue weighted by Gasteiger charge is -2.29. The lowest BCUT2D eigenvalue weighted by Crippen LogP contribution is -2.50. The topological polar surface area (TPSA) is 49.4 Å². The molecule has 2 amide bonds. The zero-order valence-electron chi connectivity index (χ0n) is 12.6. The second-order valence-corrected chi connectivity index (χ2v) is 8.39. The number of benzene rings is 1. The molecule has 2 aliphatic rings. The van der Waals surface area contributed by atoms with Crippen LogP contribution in [0.5, 0.6) is 0 Å². The molecule has 118 valence electrons. The molecule has 4 nitrogen and oxygen atoms in total. The van der Waals surface area contributed by atoms with Crippen molar-refractivity contribution in [1.29, 1.82) is 0 Å². The van der Waals surface area contributed by atoms with E-state index in [1.807, 2.05) is 18.2 Å². The number of hydrogen-bond donors (Lipinski definition) is 1. The van der Waals surface area contributed by atoms with Gasteiger partial charge in [0.15, 0.2) is 0 Å². The summed E-state index contributed by atoms with van der Waals surface area (Å²) in [5, 5.41) is 2.98. The van der Waals surface area contributed by atoms with Gasteiger partial charge in [0, 0.05) is 29.4 Å². The van der Waals surface area contributed by atoms with Crippen LogP contribution in [0.3, 0.4) is 0 Å². The fraction of sp³-hybridized carbons (Fsp3) is 0.500. The Kier molecular flexibility index (Phi) is 4.68.